The van der Waals surface area contributed by atoms with E-state index in [1.807, 2.05) is 12.1 Å². The van der Waals surface area contributed by atoms with Crippen LogP contribution in [0.2, 0.25) is 0 Å². The molecular formula is C13H22N4. The Bertz CT molecular complexity index is 317. The minimum absolute atomic E-state index is 0.574. The van der Waals surface area contributed by atoms with Crippen LogP contribution < -0.4 is 11.1 Å². The van der Waals surface area contributed by atoms with E-state index in [0.29, 0.717) is 5.82 Å². The molecule has 0 aromatic carbocycles. The maximum absolute atomic E-state index is 5.53. The highest BCUT2D eigenvalue weighted by molar-refractivity contribution is 5.45. The van der Waals surface area contributed by atoms with Gasteiger partial charge in [-0.25, -0.2) is 4.98 Å². The number of hydrogen-bond donors (Lipinski definition) is 2. The molecule has 0 amide bonds. The topological polar surface area (TPSA) is 54.2 Å². The Hall–Kier alpha value is -1.29. The Kier molecular flexibility index (Phi) is 4.62. The predicted molar refractivity (Wildman–Crippen MR) is 72.0 cm³/mol. The lowest BCUT2D eigenvalue weighted by molar-refractivity contribution is 0.331. The predicted octanol–water partition coefficient (Wildman–Crippen LogP) is 1.95. The van der Waals surface area contributed by atoms with Crippen molar-refractivity contribution in [1.29, 1.82) is 0 Å². The van der Waals surface area contributed by atoms with Crippen molar-refractivity contribution in [2.75, 3.05) is 37.2 Å². The first kappa shape index (κ1) is 12.2. The van der Waals surface area contributed by atoms with E-state index in [1.54, 1.807) is 6.20 Å². The maximum atomic E-state index is 5.53. The van der Waals surface area contributed by atoms with Crippen LogP contribution in [0.5, 0.6) is 0 Å². The van der Waals surface area contributed by atoms with Gasteiger partial charge in [0.05, 0.1) is 11.9 Å². The van der Waals surface area contributed by atoms with Crippen LogP contribution in [0, 0.1) is 0 Å². The van der Waals surface area contributed by atoms with Crippen LogP contribution in [0.3, 0.4) is 0 Å². The van der Waals surface area contributed by atoms with Crippen molar-refractivity contribution in [3.05, 3.63) is 18.3 Å². The molecule has 1 aromatic rings. The summed E-state index contributed by atoms with van der Waals surface area (Å²) in [7, 11) is 0. The monoisotopic (exact) mass is 234 g/mol. The molecule has 1 aliphatic heterocycles. The molecule has 0 radical (unpaired) electrons. The normalized spacial score (nSPS) is 16.2. The van der Waals surface area contributed by atoms with Crippen molar-refractivity contribution >= 4 is 11.5 Å². The van der Waals surface area contributed by atoms with Crippen LogP contribution in [-0.2, 0) is 0 Å². The molecule has 1 aliphatic rings. The zero-order chi connectivity index (χ0) is 11.9. The van der Waals surface area contributed by atoms with Gasteiger partial charge in [-0.15, -0.1) is 0 Å². The van der Waals surface area contributed by atoms with Gasteiger partial charge in [-0.3, -0.25) is 0 Å². The molecule has 0 unspecified atom stereocenters. The van der Waals surface area contributed by atoms with Crippen LogP contribution >= 0.6 is 0 Å². The van der Waals surface area contributed by atoms with Gasteiger partial charge in [-0.1, -0.05) is 0 Å². The molecule has 1 saturated heterocycles. The molecule has 1 aromatic heterocycles. The van der Waals surface area contributed by atoms with Gasteiger partial charge in [-0.2, -0.15) is 0 Å². The number of anilines is 2. The van der Waals surface area contributed by atoms with Gasteiger partial charge >= 0.3 is 0 Å². The molecule has 94 valence electrons. The number of likely N-dealkylation sites (tertiary alicyclic amines) is 1. The Labute approximate surface area is 103 Å². The maximum Gasteiger partial charge on any atom is 0.123 e. The van der Waals surface area contributed by atoms with E-state index in [4.69, 9.17) is 5.73 Å². The number of hydrogen-bond acceptors (Lipinski definition) is 4. The minimum Gasteiger partial charge on any atom is -0.384 e. The average molecular weight is 234 g/mol. The third-order valence-electron chi connectivity index (χ3n) is 3.22. The number of rotatable bonds is 6. The molecule has 0 bridgehead atoms. The summed E-state index contributed by atoms with van der Waals surface area (Å²) in [5, 5.41) is 3.36. The fourth-order valence-corrected chi connectivity index (χ4v) is 2.21. The lowest BCUT2D eigenvalue weighted by Gasteiger charge is -2.14. The van der Waals surface area contributed by atoms with Crippen molar-refractivity contribution in [3.8, 4) is 0 Å². The number of pyridine rings is 1. The van der Waals surface area contributed by atoms with Gasteiger partial charge in [-0.05, 0) is 57.5 Å². The molecule has 0 saturated carbocycles. The van der Waals surface area contributed by atoms with E-state index in [0.717, 1.165) is 12.2 Å². The second-order valence-electron chi connectivity index (χ2n) is 4.65. The van der Waals surface area contributed by atoms with Gasteiger partial charge in [0, 0.05) is 6.54 Å². The van der Waals surface area contributed by atoms with Gasteiger partial charge < -0.3 is 16.0 Å². The summed E-state index contributed by atoms with van der Waals surface area (Å²) in [5.74, 6) is 0.574. The first-order valence-corrected chi connectivity index (χ1v) is 6.52. The van der Waals surface area contributed by atoms with E-state index in [-0.39, 0.29) is 0 Å². The zero-order valence-corrected chi connectivity index (χ0v) is 10.4. The summed E-state index contributed by atoms with van der Waals surface area (Å²) in [4.78, 5) is 6.61. The molecule has 17 heavy (non-hydrogen) atoms. The first-order chi connectivity index (χ1) is 8.34. The van der Waals surface area contributed by atoms with Crippen molar-refractivity contribution < 1.29 is 0 Å². The second-order valence-corrected chi connectivity index (χ2v) is 4.65. The van der Waals surface area contributed by atoms with E-state index in [1.165, 1.54) is 45.3 Å². The molecule has 0 atom stereocenters. The smallest absolute Gasteiger partial charge is 0.123 e. The molecule has 0 aliphatic carbocycles. The van der Waals surface area contributed by atoms with E-state index in [9.17, 15) is 0 Å². The summed E-state index contributed by atoms with van der Waals surface area (Å²) in [6.07, 6.45) is 7.04. The number of nitrogens with zero attached hydrogens (tertiary/aromatic N) is 2. The van der Waals surface area contributed by atoms with Crippen LogP contribution in [-0.4, -0.2) is 36.1 Å². The first-order valence-electron chi connectivity index (χ1n) is 6.52. The molecule has 2 heterocycles. The van der Waals surface area contributed by atoms with E-state index >= 15 is 0 Å². The third kappa shape index (κ3) is 4.23. The fraction of sp³-hybridized carbons (Fsp3) is 0.615. The largest absolute Gasteiger partial charge is 0.384 e. The highest BCUT2D eigenvalue weighted by atomic mass is 15.1. The standard InChI is InChI=1S/C13H22N4/c14-13-6-5-12(11-16-13)15-7-1-2-8-17-9-3-4-10-17/h5-6,11,15H,1-4,7-10H2,(H2,14,16). The average Bonchev–Trinajstić information content (AvgIpc) is 2.84. The lowest BCUT2D eigenvalue weighted by atomic mass is 10.3. The van der Waals surface area contributed by atoms with E-state index < -0.39 is 0 Å². The third-order valence-corrected chi connectivity index (χ3v) is 3.22. The summed E-state index contributed by atoms with van der Waals surface area (Å²) in [6, 6.07) is 3.80. The Morgan fingerprint density at radius 2 is 2.06 bits per heavy atom. The Morgan fingerprint density at radius 1 is 1.24 bits per heavy atom. The van der Waals surface area contributed by atoms with Gasteiger partial charge in [0.2, 0.25) is 0 Å². The fourth-order valence-electron chi connectivity index (χ4n) is 2.21. The highest BCUT2D eigenvalue weighted by Crippen LogP contribution is 2.09. The van der Waals surface area contributed by atoms with Crippen molar-refractivity contribution in [3.63, 3.8) is 0 Å². The number of nitrogens with one attached hydrogen (secondary N) is 1. The summed E-state index contributed by atoms with van der Waals surface area (Å²) in [5.41, 5.74) is 6.58. The van der Waals surface area contributed by atoms with Gasteiger partial charge in [0.1, 0.15) is 5.82 Å². The molecule has 1 fully saturated rings. The van der Waals surface area contributed by atoms with Crippen molar-refractivity contribution in [2.24, 2.45) is 0 Å². The minimum atomic E-state index is 0.574. The molecule has 4 nitrogen and oxygen atoms in total. The van der Waals surface area contributed by atoms with Crippen molar-refractivity contribution in [1.82, 2.24) is 9.88 Å². The number of nitrogens with two attached hydrogens (primary N) is 1. The molecule has 4 heteroatoms. The lowest BCUT2D eigenvalue weighted by Crippen LogP contribution is -2.20. The summed E-state index contributed by atoms with van der Waals surface area (Å²) >= 11 is 0. The van der Waals surface area contributed by atoms with Crippen molar-refractivity contribution in [2.45, 2.75) is 25.7 Å². The van der Waals surface area contributed by atoms with Gasteiger partial charge in [0.25, 0.3) is 0 Å². The molecule has 3 N–H and O–H groups in total. The number of aromatic nitrogens is 1. The van der Waals surface area contributed by atoms with Crippen LogP contribution in [0.4, 0.5) is 11.5 Å². The van der Waals surface area contributed by atoms with Crippen LogP contribution in [0.1, 0.15) is 25.7 Å². The SMILES string of the molecule is Nc1ccc(NCCCCN2CCCC2)cn1. The highest BCUT2D eigenvalue weighted by Gasteiger charge is 2.09. The molecule has 2 rings (SSSR count). The number of unbranched alkanes of at least 4 members (excludes halogenated alkanes) is 1. The van der Waals surface area contributed by atoms with Crippen LogP contribution in [0.25, 0.3) is 0 Å². The Morgan fingerprint density at radius 3 is 2.76 bits per heavy atom. The Balaban J connectivity index is 1.55. The quantitative estimate of drug-likeness (QED) is 0.739. The molecule has 0 spiro atoms. The summed E-state index contributed by atoms with van der Waals surface area (Å²) in [6.45, 7) is 4.87. The molecular weight excluding hydrogens is 212 g/mol. The van der Waals surface area contributed by atoms with Crippen LogP contribution in [0.15, 0.2) is 18.3 Å². The zero-order valence-electron chi connectivity index (χ0n) is 10.4. The van der Waals surface area contributed by atoms with Gasteiger partial charge in [0.15, 0.2) is 0 Å². The van der Waals surface area contributed by atoms with E-state index in [2.05, 4.69) is 15.2 Å². The summed E-state index contributed by atoms with van der Waals surface area (Å²) < 4.78 is 0. The second kappa shape index (κ2) is 6.45. The number of nitrogen functional groups attached to an aromatic ring is 1.